The number of amides is 1. The largest absolute Gasteiger partial charge is 0.352 e. The Morgan fingerprint density at radius 2 is 2.33 bits per heavy atom. The van der Waals surface area contributed by atoms with Gasteiger partial charge < -0.3 is 10.6 Å². The van der Waals surface area contributed by atoms with Crippen molar-refractivity contribution in [3.05, 3.63) is 0 Å². The highest BCUT2D eigenvalue weighted by atomic mass is 32.2. The van der Waals surface area contributed by atoms with Crippen LogP contribution in [0.1, 0.15) is 45.4 Å². The van der Waals surface area contributed by atoms with Gasteiger partial charge in [-0.25, -0.2) is 0 Å². The molecule has 1 aliphatic heterocycles. The van der Waals surface area contributed by atoms with E-state index >= 15 is 0 Å². The highest BCUT2D eigenvalue weighted by Gasteiger charge is 2.42. The monoisotopic (exact) mass is 270 g/mol. The molecule has 1 amide bonds. The lowest BCUT2D eigenvalue weighted by atomic mass is 9.81. The van der Waals surface area contributed by atoms with Crippen molar-refractivity contribution in [2.24, 2.45) is 5.41 Å². The molecular weight excluding hydrogens is 244 g/mol. The normalized spacial score (nSPS) is 35.9. The fourth-order valence-corrected chi connectivity index (χ4v) is 4.37. The number of thioether (sulfide) groups is 1. The number of hydrogen-bond acceptors (Lipinski definition) is 3. The van der Waals surface area contributed by atoms with E-state index in [1.54, 1.807) is 0 Å². The smallest absolute Gasteiger partial charge is 0.227 e. The Hall–Kier alpha value is -0.220. The lowest BCUT2D eigenvalue weighted by molar-refractivity contribution is -0.131. The van der Waals surface area contributed by atoms with Gasteiger partial charge in [0.05, 0.1) is 5.41 Å². The van der Waals surface area contributed by atoms with E-state index < -0.39 is 0 Å². The standard InChI is InChI=1S/C14H26N2OS/c1-3-7-14(8-9-15-10-14)13(17)16-11-5-4-6-12(11)18-2/h11-12,15H,3-10H2,1-2H3,(H,16,17). The van der Waals surface area contributed by atoms with Crippen molar-refractivity contribution in [1.29, 1.82) is 0 Å². The molecule has 1 aliphatic carbocycles. The summed E-state index contributed by atoms with van der Waals surface area (Å²) in [7, 11) is 0. The van der Waals surface area contributed by atoms with Crippen molar-refractivity contribution in [1.82, 2.24) is 10.6 Å². The van der Waals surface area contributed by atoms with Gasteiger partial charge in [0.1, 0.15) is 0 Å². The molecule has 1 saturated heterocycles. The summed E-state index contributed by atoms with van der Waals surface area (Å²) in [5.74, 6) is 0.306. The third kappa shape index (κ3) is 2.85. The van der Waals surface area contributed by atoms with Crippen LogP contribution in [-0.2, 0) is 4.79 Å². The first-order valence-corrected chi connectivity index (χ1v) is 8.55. The van der Waals surface area contributed by atoms with Crippen LogP contribution in [0.4, 0.5) is 0 Å². The molecule has 2 fully saturated rings. The quantitative estimate of drug-likeness (QED) is 0.804. The number of hydrogen-bond donors (Lipinski definition) is 2. The number of rotatable bonds is 5. The van der Waals surface area contributed by atoms with E-state index in [1.165, 1.54) is 12.8 Å². The molecule has 0 aromatic rings. The van der Waals surface area contributed by atoms with E-state index in [9.17, 15) is 4.79 Å². The fourth-order valence-electron chi connectivity index (χ4n) is 3.44. The van der Waals surface area contributed by atoms with Gasteiger partial charge in [0.25, 0.3) is 0 Å². The third-order valence-electron chi connectivity index (χ3n) is 4.53. The average molecular weight is 270 g/mol. The molecule has 1 saturated carbocycles. The van der Waals surface area contributed by atoms with Crippen molar-refractivity contribution in [3.63, 3.8) is 0 Å². The molecular formula is C14H26N2OS. The Balaban J connectivity index is 1.97. The van der Waals surface area contributed by atoms with Gasteiger partial charge in [-0.05, 0) is 38.5 Å². The number of carbonyl (C=O) groups excluding carboxylic acids is 1. The zero-order valence-electron chi connectivity index (χ0n) is 11.6. The Labute approximate surface area is 115 Å². The topological polar surface area (TPSA) is 41.1 Å². The van der Waals surface area contributed by atoms with Gasteiger partial charge in [-0.3, -0.25) is 4.79 Å². The van der Waals surface area contributed by atoms with Crippen LogP contribution in [0.3, 0.4) is 0 Å². The molecule has 4 heteroatoms. The van der Waals surface area contributed by atoms with Crippen molar-refractivity contribution < 1.29 is 4.79 Å². The lowest BCUT2D eigenvalue weighted by Gasteiger charge is -2.30. The molecule has 3 unspecified atom stereocenters. The molecule has 1 heterocycles. The molecule has 3 atom stereocenters. The molecule has 2 N–H and O–H groups in total. The van der Waals surface area contributed by atoms with Crippen LogP contribution in [0.5, 0.6) is 0 Å². The first kappa shape index (κ1) is 14.2. The Morgan fingerprint density at radius 3 is 2.94 bits per heavy atom. The van der Waals surface area contributed by atoms with Gasteiger partial charge in [-0.1, -0.05) is 19.8 Å². The lowest BCUT2D eigenvalue weighted by Crippen LogP contribution is -2.48. The average Bonchev–Trinajstić information content (AvgIpc) is 2.99. The maximum Gasteiger partial charge on any atom is 0.227 e. The van der Waals surface area contributed by atoms with Gasteiger partial charge in [0, 0.05) is 17.8 Å². The zero-order chi connectivity index (χ0) is 13.0. The van der Waals surface area contributed by atoms with Crippen LogP contribution >= 0.6 is 11.8 Å². The highest BCUT2D eigenvalue weighted by molar-refractivity contribution is 7.99. The maximum absolute atomic E-state index is 12.6. The summed E-state index contributed by atoms with van der Waals surface area (Å²) in [6.07, 6.45) is 8.94. The summed E-state index contributed by atoms with van der Waals surface area (Å²) in [4.78, 5) is 12.6. The van der Waals surface area contributed by atoms with Gasteiger partial charge in [-0.15, -0.1) is 0 Å². The molecule has 2 aliphatic rings. The van der Waals surface area contributed by atoms with Crippen LogP contribution in [0.2, 0.25) is 0 Å². The zero-order valence-corrected chi connectivity index (χ0v) is 12.4. The Kier molecular flexibility index (Phi) is 4.96. The predicted octanol–water partition coefficient (Wildman–Crippen LogP) is 2.17. The molecule has 0 aromatic heterocycles. The summed E-state index contributed by atoms with van der Waals surface area (Å²) in [6.45, 7) is 4.03. The third-order valence-corrected chi connectivity index (χ3v) is 5.70. The van der Waals surface area contributed by atoms with Crippen LogP contribution in [-0.4, -0.2) is 36.5 Å². The summed E-state index contributed by atoms with van der Waals surface area (Å²) < 4.78 is 0. The van der Waals surface area contributed by atoms with Crippen LogP contribution in [0.15, 0.2) is 0 Å². The molecule has 0 radical (unpaired) electrons. The fraction of sp³-hybridized carbons (Fsp3) is 0.929. The first-order chi connectivity index (χ1) is 8.72. The van der Waals surface area contributed by atoms with Crippen LogP contribution in [0, 0.1) is 5.41 Å². The molecule has 2 rings (SSSR count). The van der Waals surface area contributed by atoms with Crippen LogP contribution in [0.25, 0.3) is 0 Å². The van der Waals surface area contributed by atoms with E-state index in [2.05, 4.69) is 23.8 Å². The SMILES string of the molecule is CCCC1(C(=O)NC2CCCC2SC)CCNC1. The number of nitrogens with one attached hydrogen (secondary N) is 2. The molecule has 3 nitrogen and oxygen atoms in total. The molecule has 0 aromatic carbocycles. The number of carbonyl (C=O) groups is 1. The maximum atomic E-state index is 12.6. The summed E-state index contributed by atoms with van der Waals surface area (Å²) >= 11 is 1.91. The van der Waals surface area contributed by atoms with E-state index in [0.29, 0.717) is 17.2 Å². The van der Waals surface area contributed by atoms with Crippen molar-refractivity contribution in [2.75, 3.05) is 19.3 Å². The minimum absolute atomic E-state index is 0.125. The first-order valence-electron chi connectivity index (χ1n) is 7.26. The van der Waals surface area contributed by atoms with E-state index in [-0.39, 0.29) is 5.41 Å². The van der Waals surface area contributed by atoms with Gasteiger partial charge in [0.2, 0.25) is 5.91 Å². The highest BCUT2D eigenvalue weighted by Crippen LogP contribution is 2.34. The minimum atomic E-state index is -0.125. The van der Waals surface area contributed by atoms with Crippen molar-refractivity contribution >= 4 is 17.7 Å². The second-order valence-corrected chi connectivity index (χ2v) is 6.82. The van der Waals surface area contributed by atoms with E-state index in [1.807, 2.05) is 11.8 Å². The van der Waals surface area contributed by atoms with Crippen molar-refractivity contribution in [2.45, 2.75) is 56.7 Å². The van der Waals surface area contributed by atoms with Gasteiger partial charge in [0.15, 0.2) is 0 Å². The minimum Gasteiger partial charge on any atom is -0.352 e. The van der Waals surface area contributed by atoms with Crippen molar-refractivity contribution in [3.8, 4) is 0 Å². The van der Waals surface area contributed by atoms with E-state index in [4.69, 9.17) is 0 Å². The van der Waals surface area contributed by atoms with Gasteiger partial charge in [-0.2, -0.15) is 11.8 Å². The van der Waals surface area contributed by atoms with E-state index in [0.717, 1.165) is 38.8 Å². The second-order valence-electron chi connectivity index (χ2n) is 5.74. The summed E-state index contributed by atoms with van der Waals surface area (Å²) in [5.41, 5.74) is -0.125. The molecule has 0 spiro atoms. The predicted molar refractivity (Wildman–Crippen MR) is 77.9 cm³/mol. The molecule has 0 bridgehead atoms. The summed E-state index contributed by atoms with van der Waals surface area (Å²) in [6, 6.07) is 0.404. The summed E-state index contributed by atoms with van der Waals surface area (Å²) in [5, 5.41) is 7.34. The molecule has 18 heavy (non-hydrogen) atoms. The van der Waals surface area contributed by atoms with Gasteiger partial charge >= 0.3 is 0 Å². The Morgan fingerprint density at radius 1 is 1.50 bits per heavy atom. The second kappa shape index (κ2) is 6.29. The molecule has 104 valence electrons. The Bertz CT molecular complexity index is 290. The van der Waals surface area contributed by atoms with Crippen LogP contribution < -0.4 is 10.6 Å².